The monoisotopic (exact) mass is 478 g/mol. The summed E-state index contributed by atoms with van der Waals surface area (Å²) >= 11 is 1.35. The maximum Gasteiger partial charge on any atom is 0.338 e. The normalized spacial score (nSPS) is 24.3. The van der Waals surface area contributed by atoms with Crippen LogP contribution in [0.25, 0.3) is 0 Å². The molecule has 0 radical (unpaired) electrons. The van der Waals surface area contributed by atoms with Crippen LogP contribution in [0.5, 0.6) is 0 Å². The highest BCUT2D eigenvalue weighted by Crippen LogP contribution is 2.36. The number of thioether (sulfide) groups is 1. The molecule has 5 atom stereocenters. The lowest BCUT2D eigenvalue weighted by Gasteiger charge is -2.42. The van der Waals surface area contributed by atoms with Gasteiger partial charge in [0, 0.05) is 4.90 Å². The molecular formula is C27H26O6S. The van der Waals surface area contributed by atoms with Crippen LogP contribution in [0.2, 0.25) is 0 Å². The first kappa shape index (κ1) is 24.0. The van der Waals surface area contributed by atoms with Gasteiger partial charge in [0.25, 0.3) is 0 Å². The summed E-state index contributed by atoms with van der Waals surface area (Å²) in [6.45, 7) is 3.69. The van der Waals surface area contributed by atoms with E-state index in [4.69, 9.17) is 14.2 Å². The second-order valence-corrected chi connectivity index (χ2v) is 9.27. The van der Waals surface area contributed by atoms with Crippen molar-refractivity contribution in [1.29, 1.82) is 0 Å². The molecule has 3 aromatic rings. The molecule has 1 aliphatic rings. The van der Waals surface area contributed by atoms with E-state index in [1.54, 1.807) is 67.6 Å². The highest BCUT2D eigenvalue weighted by Gasteiger charge is 2.49. The average Bonchev–Trinajstić information content (AvgIpc) is 2.86. The first-order chi connectivity index (χ1) is 16.4. The van der Waals surface area contributed by atoms with Gasteiger partial charge >= 0.3 is 11.9 Å². The van der Waals surface area contributed by atoms with Crippen molar-refractivity contribution in [2.45, 2.75) is 48.6 Å². The summed E-state index contributed by atoms with van der Waals surface area (Å²) in [4.78, 5) is 26.7. The minimum atomic E-state index is -1.18. The van der Waals surface area contributed by atoms with Crippen molar-refractivity contribution in [3.8, 4) is 0 Å². The topological polar surface area (TPSA) is 82.1 Å². The Hall–Kier alpha value is -3.13. The zero-order valence-electron chi connectivity index (χ0n) is 18.9. The Bertz CT molecular complexity index is 1100. The quantitative estimate of drug-likeness (QED) is 0.517. The van der Waals surface area contributed by atoms with Gasteiger partial charge in [0.2, 0.25) is 0 Å². The molecule has 0 aliphatic carbocycles. The largest absolute Gasteiger partial charge is 0.452 e. The Labute approximate surface area is 202 Å². The Morgan fingerprint density at radius 1 is 0.794 bits per heavy atom. The third-order valence-electron chi connectivity index (χ3n) is 5.54. The van der Waals surface area contributed by atoms with Gasteiger partial charge in [-0.05, 0) is 50.2 Å². The molecule has 0 saturated carbocycles. The lowest BCUT2D eigenvalue weighted by Crippen LogP contribution is -2.58. The minimum Gasteiger partial charge on any atom is -0.452 e. The van der Waals surface area contributed by atoms with Crippen molar-refractivity contribution in [1.82, 2.24) is 0 Å². The molecule has 1 heterocycles. The van der Waals surface area contributed by atoms with E-state index in [9.17, 15) is 14.7 Å². The molecule has 176 valence electrons. The molecule has 1 N–H and O–H groups in total. The fourth-order valence-corrected chi connectivity index (χ4v) is 4.76. The van der Waals surface area contributed by atoms with Crippen LogP contribution in [0.15, 0.2) is 89.8 Å². The van der Waals surface area contributed by atoms with Gasteiger partial charge in [0.05, 0.1) is 17.2 Å². The van der Waals surface area contributed by atoms with E-state index in [0.717, 1.165) is 10.5 Å². The van der Waals surface area contributed by atoms with Crippen molar-refractivity contribution in [2.24, 2.45) is 0 Å². The number of hydrogen-bond donors (Lipinski definition) is 1. The molecule has 34 heavy (non-hydrogen) atoms. The summed E-state index contributed by atoms with van der Waals surface area (Å²) in [5, 5.41) is 10.9. The molecule has 3 aromatic carbocycles. The Kier molecular flexibility index (Phi) is 7.67. The van der Waals surface area contributed by atoms with Gasteiger partial charge in [-0.25, -0.2) is 9.59 Å². The molecule has 1 saturated heterocycles. The SMILES string of the molecule is Cc1ccc(S[C@@H]2O[C@@H](C)[C@H](O)[C@@H](OC(=O)c3ccccc3)[C@H]2OC(=O)c2ccccc2)cc1. The number of esters is 2. The van der Waals surface area contributed by atoms with Crippen LogP contribution in [-0.2, 0) is 14.2 Å². The van der Waals surface area contributed by atoms with Gasteiger partial charge in [-0.2, -0.15) is 0 Å². The first-order valence-corrected chi connectivity index (χ1v) is 11.9. The van der Waals surface area contributed by atoms with Crippen LogP contribution in [-0.4, -0.2) is 46.9 Å². The fourth-order valence-electron chi connectivity index (χ4n) is 3.62. The lowest BCUT2D eigenvalue weighted by atomic mass is 10.00. The minimum absolute atomic E-state index is 0.338. The molecule has 0 spiro atoms. The van der Waals surface area contributed by atoms with E-state index in [-0.39, 0.29) is 0 Å². The third-order valence-corrected chi connectivity index (χ3v) is 6.69. The number of aliphatic hydroxyl groups is 1. The van der Waals surface area contributed by atoms with Crippen LogP contribution in [0.3, 0.4) is 0 Å². The van der Waals surface area contributed by atoms with Gasteiger partial charge < -0.3 is 19.3 Å². The van der Waals surface area contributed by atoms with Crippen molar-refractivity contribution in [3.05, 3.63) is 102 Å². The number of hydrogen-bond acceptors (Lipinski definition) is 7. The molecule has 1 fully saturated rings. The third kappa shape index (κ3) is 5.67. The molecule has 7 heteroatoms. The molecule has 0 unspecified atom stereocenters. The molecule has 0 bridgehead atoms. The van der Waals surface area contributed by atoms with Gasteiger partial charge in [-0.1, -0.05) is 65.9 Å². The number of aryl methyl sites for hydroxylation is 1. The molecule has 0 aromatic heterocycles. The number of carbonyl (C=O) groups excluding carboxylic acids is 2. The zero-order valence-corrected chi connectivity index (χ0v) is 19.7. The van der Waals surface area contributed by atoms with Crippen LogP contribution >= 0.6 is 11.8 Å². The molecular weight excluding hydrogens is 452 g/mol. The summed E-state index contributed by atoms with van der Waals surface area (Å²) in [6, 6.07) is 24.9. The Balaban J connectivity index is 1.63. The molecule has 0 amide bonds. The van der Waals surface area contributed by atoms with E-state index in [1.165, 1.54) is 11.8 Å². The van der Waals surface area contributed by atoms with Gasteiger partial charge in [-0.15, -0.1) is 0 Å². The standard InChI is InChI=1S/C27H26O6S/c1-17-13-15-21(16-14-17)34-27-24(33-26(30)20-11-7-4-8-12-20)23(22(28)18(2)31-27)32-25(29)19-9-5-3-6-10-19/h3-16,18,22-24,27-28H,1-2H3/t18-,22-,23+,24+,27-/m0/s1. The molecule has 6 nitrogen and oxygen atoms in total. The van der Waals surface area contributed by atoms with Crippen molar-refractivity contribution >= 4 is 23.7 Å². The Morgan fingerprint density at radius 2 is 1.29 bits per heavy atom. The van der Waals surface area contributed by atoms with Crippen LogP contribution in [0, 0.1) is 6.92 Å². The van der Waals surface area contributed by atoms with Crippen molar-refractivity contribution < 1.29 is 28.9 Å². The van der Waals surface area contributed by atoms with E-state index in [0.29, 0.717) is 11.1 Å². The van der Waals surface area contributed by atoms with Gasteiger partial charge in [-0.3, -0.25) is 0 Å². The fraction of sp³-hybridized carbons (Fsp3) is 0.259. The summed E-state index contributed by atoms with van der Waals surface area (Å²) in [7, 11) is 0. The predicted molar refractivity (Wildman–Crippen MR) is 129 cm³/mol. The summed E-state index contributed by atoms with van der Waals surface area (Å²) in [6.07, 6.45) is -4.00. The van der Waals surface area contributed by atoms with Crippen molar-refractivity contribution in [2.75, 3.05) is 0 Å². The van der Waals surface area contributed by atoms with Crippen LogP contribution in [0.4, 0.5) is 0 Å². The number of benzene rings is 3. The zero-order chi connectivity index (χ0) is 24.1. The second-order valence-electron chi connectivity index (χ2n) is 8.10. The smallest absolute Gasteiger partial charge is 0.338 e. The van der Waals surface area contributed by atoms with Gasteiger partial charge in [0.15, 0.2) is 12.2 Å². The lowest BCUT2D eigenvalue weighted by molar-refractivity contribution is -0.194. The molecule has 4 rings (SSSR count). The molecule has 1 aliphatic heterocycles. The van der Waals surface area contributed by atoms with E-state index >= 15 is 0 Å². The second kappa shape index (κ2) is 10.9. The van der Waals surface area contributed by atoms with Crippen LogP contribution in [0.1, 0.15) is 33.2 Å². The van der Waals surface area contributed by atoms with E-state index < -0.39 is 41.8 Å². The maximum absolute atomic E-state index is 12.9. The highest BCUT2D eigenvalue weighted by molar-refractivity contribution is 7.99. The average molecular weight is 479 g/mol. The van der Waals surface area contributed by atoms with E-state index in [2.05, 4.69) is 0 Å². The number of carbonyl (C=O) groups is 2. The first-order valence-electron chi connectivity index (χ1n) is 11.0. The maximum atomic E-state index is 12.9. The predicted octanol–water partition coefficient (Wildman–Crippen LogP) is 4.64. The number of aliphatic hydroxyl groups excluding tert-OH is 1. The summed E-state index contributed by atoms with van der Waals surface area (Å²) < 4.78 is 17.6. The van der Waals surface area contributed by atoms with Gasteiger partial charge in [0.1, 0.15) is 11.5 Å². The summed E-state index contributed by atoms with van der Waals surface area (Å²) in [5.74, 6) is -1.20. The number of ether oxygens (including phenoxy) is 3. The van der Waals surface area contributed by atoms with Crippen LogP contribution < -0.4 is 0 Å². The summed E-state index contributed by atoms with van der Waals surface area (Å²) in [5.41, 5.74) is 1.09. The van der Waals surface area contributed by atoms with E-state index in [1.807, 2.05) is 31.2 Å². The number of rotatable bonds is 6. The highest BCUT2D eigenvalue weighted by atomic mass is 32.2. The van der Waals surface area contributed by atoms with Crippen molar-refractivity contribution in [3.63, 3.8) is 0 Å². The Morgan fingerprint density at radius 3 is 1.82 bits per heavy atom.